The first kappa shape index (κ1) is 15.3. The van der Waals surface area contributed by atoms with E-state index >= 15 is 0 Å². The Hall–Kier alpha value is -0.0500. The third-order valence-corrected chi connectivity index (χ3v) is 6.21. The first-order chi connectivity index (χ1) is 9.04. The van der Waals surface area contributed by atoms with E-state index in [4.69, 9.17) is 0 Å². The van der Waals surface area contributed by atoms with Gasteiger partial charge in [-0.05, 0) is 42.9 Å². The molecule has 110 valence electrons. The van der Waals surface area contributed by atoms with Crippen LogP contribution in [0.2, 0.25) is 0 Å². The summed E-state index contributed by atoms with van der Waals surface area (Å²) in [5.41, 5.74) is 0.187. The summed E-state index contributed by atoms with van der Waals surface area (Å²) in [6.45, 7) is 5.40. The van der Waals surface area contributed by atoms with Crippen LogP contribution in [0, 0.1) is 23.2 Å². The normalized spacial score (nSPS) is 34.2. The summed E-state index contributed by atoms with van der Waals surface area (Å²) in [5.74, 6) is 1.99. The molecule has 0 aliphatic heterocycles. The standard InChI is InChI=1S/C16H28BrNO/c1-16(2)9-4-3-8-14(16)15(19)18-11-13-7-5-6-12(13)10-17/h12-14H,3-11H2,1-2H3,(H,18,19). The number of hydrogen-bond donors (Lipinski definition) is 1. The molecule has 0 bridgehead atoms. The van der Waals surface area contributed by atoms with E-state index in [0.29, 0.717) is 11.8 Å². The van der Waals surface area contributed by atoms with Gasteiger partial charge in [0.2, 0.25) is 5.91 Å². The highest BCUT2D eigenvalue weighted by Crippen LogP contribution is 2.40. The number of rotatable bonds is 4. The molecule has 0 radical (unpaired) electrons. The van der Waals surface area contributed by atoms with E-state index in [0.717, 1.165) is 24.2 Å². The maximum absolute atomic E-state index is 12.4. The molecule has 3 heteroatoms. The fraction of sp³-hybridized carbons (Fsp3) is 0.938. The lowest BCUT2D eigenvalue weighted by molar-refractivity contribution is -0.130. The van der Waals surface area contributed by atoms with Gasteiger partial charge in [0.25, 0.3) is 0 Å². The monoisotopic (exact) mass is 329 g/mol. The molecule has 0 spiro atoms. The van der Waals surface area contributed by atoms with E-state index in [1.807, 2.05) is 0 Å². The predicted molar refractivity (Wildman–Crippen MR) is 83.4 cm³/mol. The average molecular weight is 330 g/mol. The number of carbonyl (C=O) groups excluding carboxylic acids is 1. The quantitative estimate of drug-likeness (QED) is 0.772. The SMILES string of the molecule is CC1(C)CCCCC1C(=O)NCC1CCCC1CBr. The van der Waals surface area contributed by atoms with Crippen molar-refractivity contribution < 1.29 is 4.79 Å². The Kier molecular flexibility index (Phi) is 5.33. The Morgan fingerprint density at radius 1 is 1.16 bits per heavy atom. The molecule has 19 heavy (non-hydrogen) atoms. The van der Waals surface area contributed by atoms with Crippen LogP contribution in [-0.4, -0.2) is 17.8 Å². The lowest BCUT2D eigenvalue weighted by Gasteiger charge is -2.37. The minimum absolute atomic E-state index is 0.187. The molecule has 2 aliphatic carbocycles. The Labute approximate surface area is 126 Å². The van der Waals surface area contributed by atoms with Crippen molar-refractivity contribution in [2.75, 3.05) is 11.9 Å². The van der Waals surface area contributed by atoms with Crippen LogP contribution in [0.15, 0.2) is 0 Å². The van der Waals surface area contributed by atoms with E-state index in [9.17, 15) is 4.79 Å². The molecule has 0 aromatic rings. The molecule has 0 aromatic carbocycles. The third kappa shape index (κ3) is 3.74. The van der Waals surface area contributed by atoms with Gasteiger partial charge in [0.15, 0.2) is 0 Å². The zero-order valence-electron chi connectivity index (χ0n) is 12.4. The van der Waals surface area contributed by atoms with Gasteiger partial charge in [-0.3, -0.25) is 4.79 Å². The molecule has 2 nitrogen and oxygen atoms in total. The van der Waals surface area contributed by atoms with Crippen molar-refractivity contribution in [2.24, 2.45) is 23.2 Å². The van der Waals surface area contributed by atoms with Crippen LogP contribution in [0.25, 0.3) is 0 Å². The van der Waals surface area contributed by atoms with Gasteiger partial charge in [-0.2, -0.15) is 0 Å². The van der Waals surface area contributed by atoms with Gasteiger partial charge in [0, 0.05) is 17.8 Å². The Morgan fingerprint density at radius 2 is 1.89 bits per heavy atom. The first-order valence-corrected chi connectivity index (χ1v) is 9.00. The molecule has 2 rings (SSSR count). The fourth-order valence-electron chi connectivity index (χ4n) is 3.92. The molecule has 2 aliphatic rings. The molecule has 2 fully saturated rings. The topological polar surface area (TPSA) is 29.1 Å². The molecule has 0 saturated heterocycles. The number of alkyl halides is 1. The van der Waals surface area contributed by atoms with Gasteiger partial charge in [0.05, 0.1) is 0 Å². The zero-order chi connectivity index (χ0) is 13.9. The van der Waals surface area contributed by atoms with Crippen LogP contribution < -0.4 is 5.32 Å². The Morgan fingerprint density at radius 3 is 2.58 bits per heavy atom. The molecule has 3 unspecified atom stereocenters. The highest BCUT2D eigenvalue weighted by Gasteiger charge is 2.37. The van der Waals surface area contributed by atoms with Gasteiger partial charge in [0.1, 0.15) is 0 Å². The Bertz CT molecular complexity index is 316. The number of nitrogens with one attached hydrogen (secondary N) is 1. The van der Waals surface area contributed by atoms with Crippen LogP contribution in [0.1, 0.15) is 58.8 Å². The lowest BCUT2D eigenvalue weighted by atomic mass is 9.68. The van der Waals surface area contributed by atoms with Crippen LogP contribution in [0.4, 0.5) is 0 Å². The second kappa shape index (κ2) is 6.60. The summed E-state index contributed by atoms with van der Waals surface area (Å²) in [6, 6.07) is 0. The van der Waals surface area contributed by atoms with Crippen molar-refractivity contribution in [3.63, 3.8) is 0 Å². The second-order valence-electron chi connectivity index (χ2n) is 7.14. The van der Waals surface area contributed by atoms with E-state index in [1.165, 1.54) is 38.5 Å². The van der Waals surface area contributed by atoms with E-state index < -0.39 is 0 Å². The van der Waals surface area contributed by atoms with Crippen molar-refractivity contribution in [1.82, 2.24) is 5.32 Å². The number of hydrogen-bond acceptors (Lipinski definition) is 1. The molecule has 0 aromatic heterocycles. The molecule has 1 N–H and O–H groups in total. The molecule has 1 amide bonds. The maximum Gasteiger partial charge on any atom is 0.223 e. The van der Waals surface area contributed by atoms with E-state index in [-0.39, 0.29) is 11.3 Å². The van der Waals surface area contributed by atoms with Gasteiger partial charge in [-0.25, -0.2) is 0 Å². The first-order valence-electron chi connectivity index (χ1n) is 7.88. The molecular formula is C16H28BrNO. The van der Waals surface area contributed by atoms with Crippen LogP contribution in [0.5, 0.6) is 0 Å². The number of carbonyl (C=O) groups is 1. The van der Waals surface area contributed by atoms with E-state index in [2.05, 4.69) is 35.1 Å². The fourth-order valence-corrected chi connectivity index (χ4v) is 4.77. The summed E-state index contributed by atoms with van der Waals surface area (Å²) < 4.78 is 0. The summed E-state index contributed by atoms with van der Waals surface area (Å²) in [7, 11) is 0. The molecule has 3 atom stereocenters. The smallest absolute Gasteiger partial charge is 0.223 e. The highest BCUT2D eigenvalue weighted by molar-refractivity contribution is 9.09. The van der Waals surface area contributed by atoms with Gasteiger partial charge in [-0.15, -0.1) is 0 Å². The predicted octanol–water partition coefficient (Wildman–Crippen LogP) is 4.13. The zero-order valence-corrected chi connectivity index (χ0v) is 14.0. The second-order valence-corrected chi connectivity index (χ2v) is 7.78. The van der Waals surface area contributed by atoms with Crippen molar-refractivity contribution in [2.45, 2.75) is 58.8 Å². The summed E-state index contributed by atoms with van der Waals surface area (Å²) in [6.07, 6.45) is 8.70. The van der Waals surface area contributed by atoms with Crippen molar-refractivity contribution in [3.05, 3.63) is 0 Å². The summed E-state index contributed by atoms with van der Waals surface area (Å²) >= 11 is 3.61. The van der Waals surface area contributed by atoms with Crippen molar-refractivity contribution in [1.29, 1.82) is 0 Å². The maximum atomic E-state index is 12.4. The lowest BCUT2D eigenvalue weighted by Crippen LogP contribution is -2.43. The van der Waals surface area contributed by atoms with E-state index in [1.54, 1.807) is 0 Å². The minimum Gasteiger partial charge on any atom is -0.356 e. The third-order valence-electron chi connectivity index (χ3n) is 5.38. The highest BCUT2D eigenvalue weighted by atomic mass is 79.9. The van der Waals surface area contributed by atoms with Crippen LogP contribution in [0.3, 0.4) is 0 Å². The van der Waals surface area contributed by atoms with Gasteiger partial charge < -0.3 is 5.32 Å². The van der Waals surface area contributed by atoms with Crippen molar-refractivity contribution in [3.8, 4) is 0 Å². The van der Waals surface area contributed by atoms with Gasteiger partial charge >= 0.3 is 0 Å². The van der Waals surface area contributed by atoms with Crippen LogP contribution >= 0.6 is 15.9 Å². The Balaban J connectivity index is 1.83. The molecule has 0 heterocycles. The number of halogens is 1. The number of amides is 1. The minimum atomic E-state index is 0.187. The molecule has 2 saturated carbocycles. The van der Waals surface area contributed by atoms with Crippen LogP contribution in [-0.2, 0) is 4.79 Å². The summed E-state index contributed by atoms with van der Waals surface area (Å²) in [4.78, 5) is 12.4. The molecular weight excluding hydrogens is 302 g/mol. The van der Waals surface area contributed by atoms with Gasteiger partial charge in [-0.1, -0.05) is 49.0 Å². The largest absolute Gasteiger partial charge is 0.356 e. The average Bonchev–Trinajstić information content (AvgIpc) is 2.82. The van der Waals surface area contributed by atoms with Crippen molar-refractivity contribution >= 4 is 21.8 Å². The summed E-state index contributed by atoms with van der Waals surface area (Å²) in [5, 5.41) is 4.34.